The first-order valence-electron chi connectivity index (χ1n) is 11.4. The Morgan fingerprint density at radius 3 is 2.42 bits per heavy atom. The summed E-state index contributed by atoms with van der Waals surface area (Å²) >= 11 is 0. The van der Waals surface area contributed by atoms with Crippen molar-refractivity contribution in [1.29, 1.82) is 0 Å². The Morgan fingerprint density at radius 1 is 1.05 bits per heavy atom. The zero-order valence-electron chi connectivity index (χ0n) is 19.3. The molecule has 2 fully saturated rings. The summed E-state index contributed by atoms with van der Waals surface area (Å²) in [4.78, 5) is 29.9. The number of nitrogens with one attached hydrogen (secondary N) is 1. The highest BCUT2D eigenvalue weighted by atomic mass is 19.4. The Balaban J connectivity index is 1.44. The van der Waals surface area contributed by atoms with E-state index in [4.69, 9.17) is 5.73 Å². The monoisotopic (exact) mass is 544 g/mol. The van der Waals surface area contributed by atoms with Crippen molar-refractivity contribution >= 4 is 23.1 Å². The number of halogens is 7. The van der Waals surface area contributed by atoms with Crippen molar-refractivity contribution in [2.45, 2.75) is 37.4 Å². The molecule has 2 amide bonds. The van der Waals surface area contributed by atoms with Crippen molar-refractivity contribution in [1.82, 2.24) is 24.8 Å². The molecule has 0 spiro atoms. The second kappa shape index (κ2) is 9.13. The van der Waals surface area contributed by atoms with E-state index < -0.39 is 87.6 Å². The number of hydrogen-bond donors (Lipinski definition) is 2. The summed E-state index contributed by atoms with van der Waals surface area (Å²) in [6, 6.07) is 0.294. The van der Waals surface area contributed by atoms with Gasteiger partial charge in [-0.25, -0.2) is 27.1 Å². The lowest BCUT2D eigenvalue weighted by Crippen LogP contribution is -2.44. The Hall–Kier alpha value is -3.91. The Kier molecular flexibility index (Phi) is 6.18. The van der Waals surface area contributed by atoms with Gasteiger partial charge in [0.1, 0.15) is 35.8 Å². The molecule has 3 aromatic rings. The van der Waals surface area contributed by atoms with Crippen LogP contribution in [0, 0.1) is 17.6 Å². The molecule has 1 aliphatic heterocycles. The molecule has 3 heterocycles. The number of nitrogens with two attached hydrogens (primary N) is 1. The molecular weight excluding hydrogens is 525 g/mol. The summed E-state index contributed by atoms with van der Waals surface area (Å²) in [6.07, 6.45) is -6.82. The molecule has 2 aliphatic rings. The average Bonchev–Trinajstić information content (AvgIpc) is 3.38. The summed E-state index contributed by atoms with van der Waals surface area (Å²) in [5, 5.41) is 5.94. The Morgan fingerprint density at radius 2 is 1.76 bits per heavy atom. The van der Waals surface area contributed by atoms with Crippen LogP contribution in [-0.2, 0) is 11.0 Å². The van der Waals surface area contributed by atoms with Crippen LogP contribution in [0.4, 0.5) is 36.6 Å². The molecule has 1 aliphatic carbocycles. The van der Waals surface area contributed by atoms with Crippen molar-refractivity contribution < 1.29 is 40.3 Å². The zero-order valence-corrected chi connectivity index (χ0v) is 19.3. The molecule has 3 N–H and O–H groups in total. The highest BCUT2D eigenvalue weighted by Gasteiger charge is 2.43. The number of anilines is 1. The van der Waals surface area contributed by atoms with Gasteiger partial charge in [0.15, 0.2) is 5.82 Å². The fourth-order valence-electron chi connectivity index (χ4n) is 4.73. The zero-order chi connectivity index (χ0) is 27.5. The molecular formula is C23H19F7N6O2. The van der Waals surface area contributed by atoms with Crippen LogP contribution in [0.15, 0.2) is 24.5 Å². The molecule has 5 rings (SSSR count). The normalized spacial score (nSPS) is 23.5. The summed E-state index contributed by atoms with van der Waals surface area (Å²) in [7, 11) is 0. The fraction of sp³-hybridized carbons (Fsp3) is 0.391. The molecule has 15 heteroatoms. The van der Waals surface area contributed by atoms with Gasteiger partial charge in [0.2, 0.25) is 5.91 Å². The highest BCUT2D eigenvalue weighted by Crippen LogP contribution is 2.39. The van der Waals surface area contributed by atoms with Crippen LogP contribution in [0.3, 0.4) is 0 Å². The van der Waals surface area contributed by atoms with Crippen molar-refractivity contribution in [2.24, 2.45) is 5.92 Å². The van der Waals surface area contributed by atoms with Gasteiger partial charge >= 0.3 is 6.18 Å². The number of nitrogens with zero attached hydrogens (tertiary/aromatic N) is 4. The number of carbonyl (C=O) groups excluding carboxylic acids is 2. The molecule has 0 bridgehead atoms. The number of hydrogen-bond acceptors (Lipinski definition) is 5. The molecule has 202 valence electrons. The molecule has 1 saturated heterocycles. The maximum Gasteiger partial charge on any atom is 0.418 e. The quantitative estimate of drug-likeness (QED) is 0.491. The predicted octanol–water partition coefficient (Wildman–Crippen LogP) is 3.30. The minimum atomic E-state index is -4.93. The van der Waals surface area contributed by atoms with Crippen LogP contribution < -0.4 is 11.1 Å². The minimum absolute atomic E-state index is 0.0356. The number of nitrogen functional groups attached to an aromatic ring is 1. The van der Waals surface area contributed by atoms with Gasteiger partial charge in [0, 0.05) is 24.1 Å². The number of alkyl halides is 5. The first-order valence-corrected chi connectivity index (χ1v) is 11.4. The lowest BCUT2D eigenvalue weighted by molar-refractivity contribution is -0.139. The second-order valence-corrected chi connectivity index (χ2v) is 9.26. The van der Waals surface area contributed by atoms with E-state index >= 15 is 0 Å². The number of aromatic nitrogens is 3. The van der Waals surface area contributed by atoms with Gasteiger partial charge in [-0.15, -0.1) is 0 Å². The van der Waals surface area contributed by atoms with Gasteiger partial charge in [-0.2, -0.15) is 18.3 Å². The lowest BCUT2D eigenvalue weighted by Gasteiger charge is -2.31. The van der Waals surface area contributed by atoms with E-state index in [2.05, 4.69) is 15.4 Å². The van der Waals surface area contributed by atoms with Crippen molar-refractivity contribution in [3.8, 4) is 11.3 Å². The first kappa shape index (κ1) is 25.7. The number of benzene rings is 1. The number of amides is 2. The topological polar surface area (TPSA) is 106 Å². The minimum Gasteiger partial charge on any atom is -0.382 e. The predicted molar refractivity (Wildman–Crippen MR) is 118 cm³/mol. The molecule has 38 heavy (non-hydrogen) atoms. The summed E-state index contributed by atoms with van der Waals surface area (Å²) in [5.74, 6) is -5.38. The van der Waals surface area contributed by atoms with Gasteiger partial charge in [-0.05, 0) is 25.0 Å². The van der Waals surface area contributed by atoms with E-state index in [1.807, 2.05) is 0 Å². The number of likely N-dealkylation sites (tertiary alicyclic amines) is 1. The Bertz CT molecular complexity index is 1440. The van der Waals surface area contributed by atoms with E-state index in [9.17, 15) is 40.3 Å². The van der Waals surface area contributed by atoms with Gasteiger partial charge in [-0.1, -0.05) is 0 Å². The van der Waals surface area contributed by atoms with Crippen LogP contribution in [0.25, 0.3) is 16.8 Å². The second-order valence-electron chi connectivity index (χ2n) is 9.26. The van der Waals surface area contributed by atoms with E-state index in [0.717, 1.165) is 11.2 Å². The third kappa shape index (κ3) is 4.39. The highest BCUT2D eigenvalue weighted by molar-refractivity contribution is 5.96. The van der Waals surface area contributed by atoms with Gasteiger partial charge < -0.3 is 16.0 Å². The van der Waals surface area contributed by atoms with E-state index in [1.165, 1.54) is 0 Å². The molecule has 1 aromatic carbocycles. The molecule has 1 saturated carbocycles. The average molecular weight is 544 g/mol. The van der Waals surface area contributed by atoms with Gasteiger partial charge in [0.25, 0.3) is 5.91 Å². The molecule has 2 aromatic heterocycles. The third-order valence-corrected chi connectivity index (χ3v) is 6.77. The standard InChI is InChI=1S/C23H19F7N6O2/c24-10-1-9(2-10)22(38)35-6-16(27)17(7-35)34-21(37)12-3-11(14(25)5-15(12)26)18-4-13(23(28,29)30)19-20(31)32-8-33-36(18)19/h3-5,8-10,16-17H,1-2,6-7H2,(H,34,37)(H2,31,32,33)/t9?,10?,16-,17+/m0/s1. The van der Waals surface area contributed by atoms with Crippen LogP contribution in [0.1, 0.15) is 28.8 Å². The lowest BCUT2D eigenvalue weighted by atomic mass is 9.82. The molecule has 0 radical (unpaired) electrons. The molecule has 0 unspecified atom stereocenters. The summed E-state index contributed by atoms with van der Waals surface area (Å²) < 4.78 is 98.6. The van der Waals surface area contributed by atoms with E-state index in [-0.39, 0.29) is 25.9 Å². The largest absolute Gasteiger partial charge is 0.418 e. The van der Waals surface area contributed by atoms with Crippen molar-refractivity contribution in [2.75, 3.05) is 18.8 Å². The van der Waals surface area contributed by atoms with E-state index in [1.54, 1.807) is 0 Å². The summed E-state index contributed by atoms with van der Waals surface area (Å²) in [6.45, 7) is -0.602. The van der Waals surface area contributed by atoms with Crippen molar-refractivity contribution in [3.63, 3.8) is 0 Å². The van der Waals surface area contributed by atoms with Crippen LogP contribution in [0.5, 0.6) is 0 Å². The van der Waals surface area contributed by atoms with Gasteiger partial charge in [-0.3, -0.25) is 9.59 Å². The van der Waals surface area contributed by atoms with Crippen LogP contribution in [0.2, 0.25) is 0 Å². The SMILES string of the molecule is Nc1ncnn2c(-c3cc(C(=O)N[C@@H]4CN(C(=O)C5CC(F)C5)C[C@@H]4F)c(F)cc3F)cc(C(F)(F)F)c12. The van der Waals surface area contributed by atoms with Crippen molar-refractivity contribution in [3.05, 3.63) is 47.3 Å². The number of carbonyl (C=O) groups is 2. The van der Waals surface area contributed by atoms with Crippen LogP contribution in [-0.4, -0.2) is 62.8 Å². The van der Waals surface area contributed by atoms with E-state index in [0.29, 0.717) is 22.7 Å². The maximum absolute atomic E-state index is 14.8. The smallest absolute Gasteiger partial charge is 0.382 e. The number of rotatable bonds is 4. The third-order valence-electron chi connectivity index (χ3n) is 6.77. The first-order chi connectivity index (χ1) is 17.8. The molecule has 2 atom stereocenters. The molecule has 8 nitrogen and oxygen atoms in total. The van der Waals surface area contributed by atoms with Gasteiger partial charge in [0.05, 0.1) is 29.4 Å². The maximum atomic E-state index is 14.8. The Labute approximate surface area is 209 Å². The van der Waals surface area contributed by atoms with Crippen LogP contribution >= 0.6 is 0 Å². The summed E-state index contributed by atoms with van der Waals surface area (Å²) in [5.41, 5.74) is 1.79. The fourth-order valence-corrected chi connectivity index (χ4v) is 4.73. The number of fused-ring (bicyclic) bond motifs is 1.